The molecule has 0 bridgehead atoms. The third-order valence-electron chi connectivity index (χ3n) is 2.98. The summed E-state index contributed by atoms with van der Waals surface area (Å²) in [5.41, 5.74) is 2.88. The molecule has 0 unspecified atom stereocenters. The molecule has 0 saturated carbocycles. The monoisotopic (exact) mass is 312 g/mol. The van der Waals surface area contributed by atoms with Gasteiger partial charge in [-0.3, -0.25) is 9.88 Å². The third-order valence-corrected chi connectivity index (χ3v) is 3.65. The Labute approximate surface area is 123 Å². The van der Waals surface area contributed by atoms with Crippen molar-refractivity contribution in [2.24, 2.45) is 0 Å². The Balaban J connectivity index is 2.07. The van der Waals surface area contributed by atoms with Crippen LogP contribution in [0.5, 0.6) is 0 Å². The summed E-state index contributed by atoms with van der Waals surface area (Å²) in [7, 11) is -4.48. The molecule has 0 radical (unpaired) electrons. The Morgan fingerprint density at radius 3 is 2.67 bits per heavy atom. The molecular formula is C14H17FN2O3S. The molecule has 0 aromatic carbocycles. The zero-order valence-electron chi connectivity index (χ0n) is 11.7. The van der Waals surface area contributed by atoms with Crippen LogP contribution in [-0.2, 0) is 23.3 Å². The molecule has 2 heterocycles. The molecule has 0 aliphatic rings. The second-order valence-corrected chi connectivity index (χ2v) is 6.44. The Bertz CT molecular complexity index is 671. The predicted molar refractivity (Wildman–Crippen MR) is 76.7 cm³/mol. The Hall–Kier alpha value is -1.73. The van der Waals surface area contributed by atoms with E-state index in [4.69, 9.17) is 4.42 Å². The smallest absolute Gasteiger partial charge is 0.303 e. The van der Waals surface area contributed by atoms with E-state index in [1.54, 1.807) is 31.0 Å². The highest BCUT2D eigenvalue weighted by atomic mass is 32.3. The Morgan fingerprint density at radius 2 is 2.05 bits per heavy atom. The molecule has 2 rings (SSSR count). The molecule has 0 aliphatic heterocycles. The van der Waals surface area contributed by atoms with Gasteiger partial charge in [-0.2, -0.15) is 8.42 Å². The fourth-order valence-electron chi connectivity index (χ4n) is 2.06. The van der Waals surface area contributed by atoms with E-state index in [1.807, 2.05) is 17.9 Å². The van der Waals surface area contributed by atoms with E-state index in [2.05, 4.69) is 4.98 Å². The number of furan rings is 1. The van der Waals surface area contributed by atoms with Gasteiger partial charge in [-0.05, 0) is 24.1 Å². The van der Waals surface area contributed by atoms with E-state index < -0.39 is 16.0 Å². The van der Waals surface area contributed by atoms with Crippen molar-refractivity contribution in [3.63, 3.8) is 0 Å². The lowest BCUT2D eigenvalue weighted by atomic mass is 10.2. The summed E-state index contributed by atoms with van der Waals surface area (Å²) in [5.74, 6) is -0.524. The molecule has 0 spiro atoms. The number of nitrogens with zero attached hydrogens (tertiary/aromatic N) is 2. The molecule has 2 aromatic rings. The molecule has 2 aromatic heterocycles. The molecule has 0 atom stereocenters. The SMILES string of the molecule is Cc1cncc(CN(CCS(=O)(=O)F)Cc2ccoc2)c1. The van der Waals surface area contributed by atoms with E-state index in [-0.39, 0.29) is 6.54 Å². The second kappa shape index (κ2) is 6.82. The Morgan fingerprint density at radius 1 is 1.29 bits per heavy atom. The van der Waals surface area contributed by atoms with Crippen molar-refractivity contribution in [1.82, 2.24) is 9.88 Å². The minimum absolute atomic E-state index is 0.109. The summed E-state index contributed by atoms with van der Waals surface area (Å²) in [5, 5.41) is 0. The Kier molecular flexibility index (Phi) is 5.08. The van der Waals surface area contributed by atoms with Crippen LogP contribution in [0.1, 0.15) is 16.7 Å². The van der Waals surface area contributed by atoms with Crippen molar-refractivity contribution >= 4 is 10.2 Å². The minimum Gasteiger partial charge on any atom is -0.472 e. The lowest BCUT2D eigenvalue weighted by molar-refractivity contribution is 0.270. The number of aryl methyl sites for hydroxylation is 1. The molecule has 0 saturated heterocycles. The first-order chi connectivity index (χ1) is 9.92. The lowest BCUT2D eigenvalue weighted by Gasteiger charge is -2.21. The van der Waals surface area contributed by atoms with Crippen LogP contribution in [0.2, 0.25) is 0 Å². The van der Waals surface area contributed by atoms with Gasteiger partial charge in [-0.25, -0.2) is 0 Å². The highest BCUT2D eigenvalue weighted by Crippen LogP contribution is 2.11. The number of pyridine rings is 1. The molecule has 114 valence electrons. The van der Waals surface area contributed by atoms with E-state index in [1.165, 1.54) is 0 Å². The molecular weight excluding hydrogens is 295 g/mol. The van der Waals surface area contributed by atoms with Gasteiger partial charge in [0.25, 0.3) is 0 Å². The predicted octanol–water partition coefficient (Wildman–Crippen LogP) is 2.28. The van der Waals surface area contributed by atoms with Crippen molar-refractivity contribution in [1.29, 1.82) is 0 Å². The molecule has 0 aliphatic carbocycles. The van der Waals surface area contributed by atoms with E-state index in [0.717, 1.165) is 16.7 Å². The summed E-state index contributed by atoms with van der Waals surface area (Å²) >= 11 is 0. The third kappa shape index (κ3) is 5.65. The van der Waals surface area contributed by atoms with Crippen LogP contribution < -0.4 is 0 Å². The van der Waals surface area contributed by atoms with E-state index in [0.29, 0.717) is 13.1 Å². The van der Waals surface area contributed by atoms with Crippen LogP contribution in [-0.4, -0.2) is 30.6 Å². The maximum Gasteiger partial charge on any atom is 0.303 e. The number of aromatic nitrogens is 1. The van der Waals surface area contributed by atoms with Crippen LogP contribution >= 0.6 is 0 Å². The van der Waals surface area contributed by atoms with Crippen molar-refractivity contribution in [2.45, 2.75) is 20.0 Å². The number of halogens is 1. The number of hydrogen-bond donors (Lipinski definition) is 0. The van der Waals surface area contributed by atoms with Crippen LogP contribution in [0.15, 0.2) is 41.5 Å². The van der Waals surface area contributed by atoms with Gasteiger partial charge >= 0.3 is 10.2 Å². The number of rotatable bonds is 7. The zero-order valence-corrected chi connectivity index (χ0v) is 12.5. The van der Waals surface area contributed by atoms with Gasteiger partial charge in [-0.15, -0.1) is 3.89 Å². The van der Waals surface area contributed by atoms with Gasteiger partial charge < -0.3 is 4.42 Å². The van der Waals surface area contributed by atoms with Gasteiger partial charge in [-0.1, -0.05) is 6.07 Å². The van der Waals surface area contributed by atoms with Crippen molar-refractivity contribution in [2.75, 3.05) is 12.3 Å². The topological polar surface area (TPSA) is 63.4 Å². The highest BCUT2D eigenvalue weighted by molar-refractivity contribution is 7.86. The summed E-state index contributed by atoms with van der Waals surface area (Å²) in [6.07, 6.45) is 6.61. The molecule has 21 heavy (non-hydrogen) atoms. The maximum atomic E-state index is 12.7. The van der Waals surface area contributed by atoms with E-state index in [9.17, 15) is 12.3 Å². The lowest BCUT2D eigenvalue weighted by Crippen LogP contribution is -2.27. The minimum atomic E-state index is -4.48. The van der Waals surface area contributed by atoms with Gasteiger partial charge in [0.05, 0.1) is 18.3 Å². The van der Waals surface area contributed by atoms with Gasteiger partial charge in [0, 0.05) is 37.6 Å². The van der Waals surface area contributed by atoms with Crippen LogP contribution in [0.25, 0.3) is 0 Å². The second-order valence-electron chi connectivity index (χ2n) is 4.96. The van der Waals surface area contributed by atoms with Crippen LogP contribution in [0.4, 0.5) is 3.89 Å². The fourth-order valence-corrected chi connectivity index (χ4v) is 2.53. The first kappa shape index (κ1) is 15.7. The first-order valence-electron chi connectivity index (χ1n) is 6.49. The normalized spacial score (nSPS) is 12.0. The molecule has 5 nitrogen and oxygen atoms in total. The summed E-state index contributed by atoms with van der Waals surface area (Å²) < 4.78 is 39.2. The summed E-state index contributed by atoms with van der Waals surface area (Å²) in [4.78, 5) is 5.95. The maximum absolute atomic E-state index is 12.7. The van der Waals surface area contributed by atoms with Crippen molar-refractivity contribution < 1.29 is 16.7 Å². The molecule has 7 heteroatoms. The van der Waals surface area contributed by atoms with Gasteiger partial charge in [0.2, 0.25) is 0 Å². The van der Waals surface area contributed by atoms with Crippen LogP contribution in [0, 0.1) is 6.92 Å². The fraction of sp³-hybridized carbons (Fsp3) is 0.357. The average molecular weight is 312 g/mol. The van der Waals surface area contributed by atoms with E-state index >= 15 is 0 Å². The van der Waals surface area contributed by atoms with Crippen LogP contribution in [0.3, 0.4) is 0 Å². The summed E-state index contributed by atoms with van der Waals surface area (Å²) in [6.45, 7) is 3.02. The molecule has 0 fully saturated rings. The highest BCUT2D eigenvalue weighted by Gasteiger charge is 2.14. The number of hydrogen-bond acceptors (Lipinski definition) is 5. The molecule has 0 N–H and O–H groups in total. The van der Waals surface area contributed by atoms with Crippen molar-refractivity contribution in [3.05, 3.63) is 53.7 Å². The van der Waals surface area contributed by atoms with Gasteiger partial charge in [0.15, 0.2) is 0 Å². The standard InChI is InChI=1S/C14H17FN2O3S/c1-12-6-14(8-16-7-12)10-17(3-5-21(15,18)19)9-13-2-4-20-11-13/h2,4,6-8,11H,3,5,9-10H2,1H3. The zero-order chi connectivity index (χ0) is 15.3. The van der Waals surface area contributed by atoms with Crippen molar-refractivity contribution in [3.8, 4) is 0 Å². The quantitative estimate of drug-likeness (QED) is 0.734. The van der Waals surface area contributed by atoms with Gasteiger partial charge in [0.1, 0.15) is 0 Å². The molecule has 0 amide bonds. The average Bonchev–Trinajstić information content (AvgIpc) is 2.88. The largest absolute Gasteiger partial charge is 0.472 e. The first-order valence-corrected chi connectivity index (χ1v) is 8.04. The summed E-state index contributed by atoms with van der Waals surface area (Å²) in [6, 6.07) is 3.77.